The lowest BCUT2D eigenvalue weighted by Crippen LogP contribution is -2.61. The van der Waals surface area contributed by atoms with Crippen LogP contribution in [-0.4, -0.2) is 185 Å². The number of hydrazine groups is 1. The largest absolute Gasteiger partial charge is 0.508 e. The third-order valence-electron chi connectivity index (χ3n) is 16.6. The first-order valence-corrected chi connectivity index (χ1v) is 33.2. The van der Waals surface area contributed by atoms with Gasteiger partial charge in [0.25, 0.3) is 0 Å². The number of hydrogen-bond acceptors (Lipinski definition) is 17. The van der Waals surface area contributed by atoms with Crippen LogP contribution < -0.4 is 81.6 Å². The molecule has 21 N–H and O–H groups in total. The van der Waals surface area contributed by atoms with Crippen LogP contribution in [0.5, 0.6) is 5.75 Å². The average molecular weight is 1410 g/mol. The van der Waals surface area contributed by atoms with Gasteiger partial charge in [-0.1, -0.05) is 92.2 Å². The van der Waals surface area contributed by atoms with Crippen LogP contribution in [-0.2, 0) is 81.6 Å². The molecule has 32 nitrogen and oxygen atoms in total. The number of amides is 12. The minimum absolute atomic E-state index is 0.0193. The number of carboxylic acids is 1. The van der Waals surface area contributed by atoms with Gasteiger partial charge in [0.2, 0.25) is 70.9 Å². The van der Waals surface area contributed by atoms with E-state index < -0.39 is 157 Å². The van der Waals surface area contributed by atoms with E-state index in [4.69, 9.17) is 34.6 Å². The number of benzene rings is 4. The Hall–Kier alpha value is -10.5. The Kier molecular flexibility index (Phi) is 30.3. The normalized spacial score (nSPS) is 20.8. The number of hydrogen-bond donors (Lipinski definition) is 17. The summed E-state index contributed by atoms with van der Waals surface area (Å²) in [6, 6.07) is 9.12. The van der Waals surface area contributed by atoms with E-state index in [9.17, 15) is 72.5 Å². The highest BCUT2D eigenvalue weighted by Crippen LogP contribution is 2.23. The highest BCUT2D eigenvalue weighted by atomic mass is 35.5. The van der Waals surface area contributed by atoms with Crippen LogP contribution >= 0.6 is 11.6 Å². The van der Waals surface area contributed by atoms with Gasteiger partial charge >= 0.3 is 5.97 Å². The minimum atomic E-state index is -1.96. The molecule has 4 aromatic rings. The number of likely N-dealkylation sites (tertiary alicyclic amines) is 1. The van der Waals surface area contributed by atoms with E-state index in [1.807, 2.05) is 41.8 Å². The van der Waals surface area contributed by atoms with Gasteiger partial charge in [0, 0.05) is 57.4 Å². The fourth-order valence-corrected chi connectivity index (χ4v) is 11.6. The first-order chi connectivity index (χ1) is 47.6. The van der Waals surface area contributed by atoms with Crippen molar-refractivity contribution in [2.24, 2.45) is 34.0 Å². The Morgan fingerprint density at radius 1 is 0.680 bits per heavy atom. The predicted molar refractivity (Wildman–Crippen MR) is 367 cm³/mol. The summed E-state index contributed by atoms with van der Waals surface area (Å²) in [5.74, 6) is -7.84. The number of fused-ring (bicyclic) bond motifs is 1. The minimum Gasteiger partial charge on any atom is -0.508 e. The molecule has 2 heterocycles. The smallest absolute Gasteiger partial charge is 0.327 e. The molecule has 4 aromatic carbocycles. The molecule has 0 aliphatic carbocycles. The number of phenolic OH excluding ortho intramolecular Hbond substituents is 1. The van der Waals surface area contributed by atoms with Crippen molar-refractivity contribution in [3.63, 3.8) is 0 Å². The Bertz CT molecular complexity index is 3610. The van der Waals surface area contributed by atoms with Crippen LogP contribution in [0.25, 0.3) is 10.8 Å². The number of rotatable bonds is 24. The molecular weight excluding hydrogens is 1320 g/mol. The quantitative estimate of drug-likeness (QED) is 0.00885. The number of guanidine groups is 1. The molecule has 0 spiro atoms. The second-order valence-electron chi connectivity index (χ2n) is 25.0. The number of phenols is 1. The monoisotopic (exact) mass is 1410 g/mol. The molecule has 0 saturated carbocycles. The molecule has 12 amide bonds. The van der Waals surface area contributed by atoms with Crippen molar-refractivity contribution in [1.29, 1.82) is 0 Å². The van der Waals surface area contributed by atoms with E-state index in [-0.39, 0.29) is 101 Å². The molecule has 100 heavy (non-hydrogen) atoms. The molecule has 2 aliphatic heterocycles. The van der Waals surface area contributed by atoms with Gasteiger partial charge in [-0.25, -0.2) is 10.6 Å². The summed E-state index contributed by atoms with van der Waals surface area (Å²) in [6.07, 6.45) is -2.25. The van der Waals surface area contributed by atoms with Crippen molar-refractivity contribution in [3.05, 3.63) is 113 Å². The fraction of sp³-hybridized carbons (Fsp3) is 0.463. The van der Waals surface area contributed by atoms with Gasteiger partial charge in [0.1, 0.15) is 66.2 Å². The molecule has 0 unspecified atom stereocenters. The average Bonchev–Trinajstić information content (AvgIpc) is 1.58. The summed E-state index contributed by atoms with van der Waals surface area (Å²) in [4.78, 5) is 189. The van der Waals surface area contributed by atoms with Crippen LogP contribution in [0, 0.1) is 5.92 Å². The molecular formula is C67H90ClN17O15. The zero-order valence-corrected chi connectivity index (χ0v) is 56.6. The maximum atomic E-state index is 15.0. The summed E-state index contributed by atoms with van der Waals surface area (Å²) < 4.78 is 0. The summed E-state index contributed by atoms with van der Waals surface area (Å²) in [5.41, 5.74) is 20.1. The zero-order valence-electron chi connectivity index (χ0n) is 55.8. The number of aliphatic carboxylic acids is 1. The first-order valence-electron chi connectivity index (χ1n) is 32.9. The molecule has 33 heteroatoms. The standard InChI is InChI=1S/C67H90ClN17O15/c1-36(2)28-47-58(91)77-46(65(98)85-27-9-14-54(85)64(97)83-53(35-69)66(99)100)12-6-7-25-73-55(88)33-51(81-61(94)50(30-38-16-21-43(68)22-17-38)79-59(92)48(75-37(3)86)32-40-15-20-41-10-4-5-11-42(41)29-40)62(95)82-52(34-56(89)84-72)63(96)80-49(31-39-18-23-44(87)24-19-39)60(93)76-45(57(90)78-47)13-8-26-74-67(70)71/h4-5,10-11,15-24,29,36,45-54,87H,6-9,12-14,25-28,30-35,69,72H2,1-3H3,(H,73,88)(H,75,86)(H,76,93)(H,77,91)(H,78,90)(H,79,92)(H,80,96)(H,81,94)(H,82,95)(H,83,97)(H,84,89)(H,99,100)(H4,70,71,74)/t45-,46+,47+,48-,49+,50-,51-,52+,53+,54+/m1/s1. The second kappa shape index (κ2) is 38.6. The molecule has 2 fully saturated rings. The van der Waals surface area contributed by atoms with Crippen LogP contribution in [0.15, 0.2) is 96.0 Å². The SMILES string of the molecule is CC(=O)N[C@H](Cc1ccc2ccccc2c1)C(=O)N[C@H](Cc1ccc(Cl)cc1)C(=O)N[C@@H]1CC(=O)NCCCC[C@@H](C(=O)N2CCC[C@H]2C(=O)N[C@@H](CN)C(=O)O)NC(=O)[C@H](CC(C)C)NC(=O)[C@@H](CCCN=C(N)N)NC(=O)[C@H](Cc2ccc(O)cc2)NC(=O)[C@H](CC(=O)NN)NC1=O. The van der Waals surface area contributed by atoms with Crippen LogP contribution in [0.1, 0.15) is 102 Å². The molecule has 0 aromatic heterocycles. The lowest BCUT2D eigenvalue weighted by Gasteiger charge is -2.31. The highest BCUT2D eigenvalue weighted by molar-refractivity contribution is 6.30. The number of carbonyl (C=O) groups is 13. The molecule has 2 saturated heterocycles. The number of aliphatic imine (C=N–C) groups is 1. The van der Waals surface area contributed by atoms with Crippen LogP contribution in [0.4, 0.5) is 0 Å². The summed E-state index contributed by atoms with van der Waals surface area (Å²) in [7, 11) is 0. The van der Waals surface area contributed by atoms with Gasteiger partial charge in [-0.15, -0.1) is 0 Å². The van der Waals surface area contributed by atoms with Gasteiger partial charge in [-0.3, -0.25) is 68.0 Å². The molecule has 2 aliphatic rings. The summed E-state index contributed by atoms with van der Waals surface area (Å²) >= 11 is 6.24. The first kappa shape index (κ1) is 78.5. The zero-order chi connectivity index (χ0) is 73.2. The van der Waals surface area contributed by atoms with Crippen molar-refractivity contribution >= 4 is 105 Å². The second-order valence-corrected chi connectivity index (χ2v) is 25.4. The van der Waals surface area contributed by atoms with Gasteiger partial charge < -0.3 is 85.5 Å². The van der Waals surface area contributed by atoms with Crippen molar-refractivity contribution in [2.75, 3.05) is 26.2 Å². The van der Waals surface area contributed by atoms with Crippen LogP contribution in [0.2, 0.25) is 5.02 Å². The number of halogens is 1. The van der Waals surface area contributed by atoms with E-state index in [0.29, 0.717) is 28.1 Å². The van der Waals surface area contributed by atoms with E-state index in [2.05, 4.69) is 58.2 Å². The number of nitrogens with two attached hydrogens (primary N) is 4. The molecule has 6 rings (SSSR count). The Morgan fingerprint density at radius 3 is 1.95 bits per heavy atom. The summed E-state index contributed by atoms with van der Waals surface area (Å²) in [5, 5.41) is 48.0. The van der Waals surface area contributed by atoms with Gasteiger partial charge in [-0.2, -0.15) is 0 Å². The molecule has 10 atom stereocenters. The fourth-order valence-electron chi connectivity index (χ4n) is 11.5. The topological polar surface area (TPSA) is 514 Å². The Morgan fingerprint density at radius 2 is 1.29 bits per heavy atom. The van der Waals surface area contributed by atoms with Gasteiger partial charge in [0.05, 0.1) is 12.8 Å². The lowest BCUT2D eigenvalue weighted by atomic mass is 10.00. The number of carboxylic acid groups (broad SMARTS) is 1. The lowest BCUT2D eigenvalue weighted by molar-refractivity contribution is -0.145. The van der Waals surface area contributed by atoms with Crippen molar-refractivity contribution in [1.82, 2.24) is 63.5 Å². The van der Waals surface area contributed by atoms with E-state index in [0.717, 1.165) is 10.8 Å². The third-order valence-corrected chi connectivity index (χ3v) is 16.9. The highest BCUT2D eigenvalue weighted by Gasteiger charge is 2.41. The third kappa shape index (κ3) is 24.8. The molecule has 0 bridgehead atoms. The number of nitrogens with zero attached hydrogens (tertiary/aromatic N) is 2. The van der Waals surface area contributed by atoms with Gasteiger partial charge in [-0.05, 0) is 109 Å². The van der Waals surface area contributed by atoms with Gasteiger partial charge in [0.15, 0.2) is 5.96 Å². The van der Waals surface area contributed by atoms with E-state index >= 15 is 0 Å². The van der Waals surface area contributed by atoms with Crippen molar-refractivity contribution < 1.29 is 72.5 Å². The van der Waals surface area contributed by atoms with Crippen molar-refractivity contribution in [3.8, 4) is 5.75 Å². The number of carbonyl (C=O) groups excluding carboxylic acids is 12. The predicted octanol–water partition coefficient (Wildman–Crippen LogP) is -2.19. The van der Waals surface area contributed by atoms with Crippen LogP contribution in [0.3, 0.4) is 0 Å². The number of aromatic hydroxyl groups is 1. The Labute approximate surface area is 582 Å². The maximum Gasteiger partial charge on any atom is 0.327 e. The van der Waals surface area contributed by atoms with E-state index in [1.54, 1.807) is 32.0 Å². The van der Waals surface area contributed by atoms with E-state index in [1.165, 1.54) is 48.2 Å². The van der Waals surface area contributed by atoms with Crippen molar-refractivity contribution in [2.45, 2.75) is 165 Å². The molecule has 0 radical (unpaired) electrons. The summed E-state index contributed by atoms with van der Waals surface area (Å²) in [6.45, 7) is 4.06. The Balaban J connectivity index is 1.41. The maximum absolute atomic E-state index is 15.0. The number of nitrogens with one attached hydrogen (secondary N) is 11. The molecule has 540 valence electrons.